The van der Waals surface area contributed by atoms with Gasteiger partial charge in [-0.25, -0.2) is 0 Å². The molecule has 0 heterocycles. The van der Waals surface area contributed by atoms with Crippen LogP contribution in [0.2, 0.25) is 0 Å². The second kappa shape index (κ2) is 6.12. The molecule has 0 spiro atoms. The highest BCUT2D eigenvalue weighted by Crippen LogP contribution is 2.43. The monoisotopic (exact) mass is 274 g/mol. The third-order valence-electron chi connectivity index (χ3n) is 2.34. The molecule has 0 saturated heterocycles. The Morgan fingerprint density at radius 1 is 0.833 bits per heavy atom. The van der Waals surface area contributed by atoms with E-state index >= 15 is 0 Å². The summed E-state index contributed by atoms with van der Waals surface area (Å²) >= 11 is 3.16. The van der Waals surface area contributed by atoms with Crippen LogP contribution in [0.25, 0.3) is 0 Å². The van der Waals surface area contributed by atoms with Gasteiger partial charge in [0.2, 0.25) is 0 Å². The van der Waals surface area contributed by atoms with Crippen molar-refractivity contribution in [1.29, 1.82) is 0 Å². The third kappa shape index (κ3) is 3.65. The predicted molar refractivity (Wildman–Crippen MR) is 79.1 cm³/mol. The smallest absolute Gasteiger partial charge is 0.146 e. The lowest BCUT2D eigenvalue weighted by Gasteiger charge is -2.21. The summed E-state index contributed by atoms with van der Waals surface area (Å²) in [4.78, 5) is 13.6. The van der Waals surface area contributed by atoms with Crippen LogP contribution < -0.4 is 0 Å². The molecule has 92 valence electrons. The topological polar surface area (TPSA) is 17.1 Å². The van der Waals surface area contributed by atoms with Gasteiger partial charge in [0, 0.05) is 9.79 Å². The number of aldehydes is 1. The number of hydrogen-bond acceptors (Lipinski definition) is 3. The maximum absolute atomic E-state index is 11.4. The van der Waals surface area contributed by atoms with Crippen molar-refractivity contribution in [2.45, 2.75) is 20.8 Å². The van der Waals surface area contributed by atoms with Crippen molar-refractivity contribution in [2.75, 3.05) is 0 Å². The van der Waals surface area contributed by atoms with E-state index in [9.17, 15) is 4.79 Å². The zero-order chi connectivity index (χ0) is 12.8. The van der Waals surface area contributed by atoms with Crippen LogP contribution in [0.5, 0.6) is 0 Å². The third-order valence-corrected chi connectivity index (χ3v) is 4.86. The fourth-order valence-corrected chi connectivity index (χ4v) is 3.88. The summed E-state index contributed by atoms with van der Waals surface area (Å²) in [6, 6.07) is 20.0. The molecule has 0 aliphatic carbocycles. The van der Waals surface area contributed by atoms with Crippen LogP contribution in [0.1, 0.15) is 6.92 Å². The number of carbonyl (C=O) groups excluding carboxylic acids is 1. The minimum Gasteiger partial charge on any atom is -0.301 e. The molecule has 1 nitrogen and oxygen atoms in total. The van der Waals surface area contributed by atoms with E-state index in [1.54, 1.807) is 23.5 Å². The Morgan fingerprint density at radius 2 is 1.22 bits per heavy atom. The van der Waals surface area contributed by atoms with Gasteiger partial charge in [-0.2, -0.15) is 0 Å². The zero-order valence-corrected chi connectivity index (χ0v) is 11.7. The fraction of sp³-hybridized carbons (Fsp3) is 0.133. The highest BCUT2D eigenvalue weighted by Gasteiger charge is 2.26. The number of carbonyl (C=O) groups is 1. The van der Waals surface area contributed by atoms with Crippen molar-refractivity contribution in [2.24, 2.45) is 0 Å². The van der Waals surface area contributed by atoms with Gasteiger partial charge in [-0.3, -0.25) is 0 Å². The summed E-state index contributed by atoms with van der Waals surface area (Å²) in [5.74, 6) is 0. The molecule has 18 heavy (non-hydrogen) atoms. The molecule has 0 aromatic heterocycles. The standard InChI is InChI=1S/C15H14OS2/c1-15(12-16,17-13-8-4-2-5-9-13)18-14-10-6-3-7-11-14/h2-12H,1H3. The molecule has 2 aromatic rings. The summed E-state index contributed by atoms with van der Waals surface area (Å²) in [6.45, 7) is 1.95. The molecular formula is C15H14OS2. The van der Waals surface area contributed by atoms with Crippen molar-refractivity contribution in [3.05, 3.63) is 60.7 Å². The van der Waals surface area contributed by atoms with E-state index in [0.29, 0.717) is 0 Å². The van der Waals surface area contributed by atoms with Crippen LogP contribution in [0.15, 0.2) is 70.5 Å². The van der Waals surface area contributed by atoms with E-state index in [2.05, 4.69) is 0 Å². The van der Waals surface area contributed by atoms with Crippen LogP contribution in [0.3, 0.4) is 0 Å². The second-order valence-corrected chi connectivity index (χ2v) is 7.27. The quantitative estimate of drug-likeness (QED) is 0.454. The van der Waals surface area contributed by atoms with Gasteiger partial charge >= 0.3 is 0 Å². The summed E-state index contributed by atoms with van der Waals surface area (Å²) in [5, 5.41) is 0. The maximum Gasteiger partial charge on any atom is 0.146 e. The lowest BCUT2D eigenvalue weighted by molar-refractivity contribution is -0.107. The van der Waals surface area contributed by atoms with E-state index in [-0.39, 0.29) is 0 Å². The molecule has 0 bridgehead atoms. The Balaban J connectivity index is 2.13. The van der Waals surface area contributed by atoms with Crippen molar-refractivity contribution in [1.82, 2.24) is 0 Å². The minimum absolute atomic E-state index is 0.497. The summed E-state index contributed by atoms with van der Waals surface area (Å²) in [5.41, 5.74) is 0. The Morgan fingerprint density at radius 3 is 1.56 bits per heavy atom. The molecule has 0 unspecified atom stereocenters. The van der Waals surface area contributed by atoms with Crippen LogP contribution in [0.4, 0.5) is 0 Å². The SMILES string of the molecule is CC(C=O)(Sc1ccccc1)Sc1ccccc1. The average molecular weight is 274 g/mol. The van der Waals surface area contributed by atoms with Gasteiger partial charge in [-0.1, -0.05) is 36.4 Å². The Hall–Kier alpha value is -1.19. The highest BCUT2D eigenvalue weighted by molar-refractivity contribution is 8.19. The first-order valence-electron chi connectivity index (χ1n) is 5.66. The molecule has 0 fully saturated rings. The zero-order valence-electron chi connectivity index (χ0n) is 10.1. The Bertz CT molecular complexity index is 455. The van der Waals surface area contributed by atoms with Crippen molar-refractivity contribution >= 4 is 29.8 Å². The van der Waals surface area contributed by atoms with E-state index < -0.39 is 4.08 Å². The van der Waals surface area contributed by atoms with Crippen molar-refractivity contribution in [3.8, 4) is 0 Å². The van der Waals surface area contributed by atoms with E-state index in [1.165, 1.54) is 0 Å². The van der Waals surface area contributed by atoms with E-state index in [4.69, 9.17) is 0 Å². The summed E-state index contributed by atoms with van der Waals surface area (Å²) in [6.07, 6.45) is 1.02. The lowest BCUT2D eigenvalue weighted by atomic mass is 10.4. The number of hydrogen-bond donors (Lipinski definition) is 0. The first-order chi connectivity index (χ1) is 8.72. The predicted octanol–water partition coefficient (Wildman–Crippen LogP) is 4.49. The molecule has 2 rings (SSSR count). The Labute approximate surface area is 116 Å². The molecule has 0 saturated carbocycles. The minimum atomic E-state index is -0.497. The van der Waals surface area contributed by atoms with Crippen molar-refractivity contribution < 1.29 is 4.79 Å². The van der Waals surface area contributed by atoms with E-state index in [1.807, 2.05) is 67.6 Å². The highest BCUT2D eigenvalue weighted by atomic mass is 32.2. The molecule has 0 aliphatic heterocycles. The average Bonchev–Trinajstić information content (AvgIpc) is 2.41. The maximum atomic E-state index is 11.4. The molecule has 0 radical (unpaired) electrons. The molecule has 0 N–H and O–H groups in total. The molecular weight excluding hydrogens is 260 g/mol. The molecule has 0 atom stereocenters. The van der Waals surface area contributed by atoms with Crippen LogP contribution in [-0.4, -0.2) is 10.4 Å². The fourth-order valence-electron chi connectivity index (χ4n) is 1.51. The first-order valence-corrected chi connectivity index (χ1v) is 7.30. The summed E-state index contributed by atoms with van der Waals surface area (Å²) in [7, 11) is 0. The van der Waals surface area contributed by atoms with Gasteiger partial charge in [0.05, 0.1) is 0 Å². The lowest BCUT2D eigenvalue weighted by Crippen LogP contribution is -2.16. The van der Waals surface area contributed by atoms with Gasteiger partial charge < -0.3 is 4.79 Å². The summed E-state index contributed by atoms with van der Waals surface area (Å²) < 4.78 is -0.497. The van der Waals surface area contributed by atoms with Gasteiger partial charge in [0.1, 0.15) is 10.4 Å². The van der Waals surface area contributed by atoms with Crippen LogP contribution in [-0.2, 0) is 4.79 Å². The first kappa shape index (κ1) is 13.2. The number of rotatable bonds is 5. The van der Waals surface area contributed by atoms with Crippen LogP contribution in [0, 0.1) is 0 Å². The van der Waals surface area contributed by atoms with Crippen LogP contribution >= 0.6 is 23.5 Å². The Kier molecular flexibility index (Phi) is 4.50. The molecule has 0 amide bonds. The number of benzene rings is 2. The second-order valence-electron chi connectivity index (χ2n) is 3.96. The van der Waals surface area contributed by atoms with Gasteiger partial charge in [0.25, 0.3) is 0 Å². The molecule has 2 aromatic carbocycles. The normalized spacial score (nSPS) is 11.2. The number of thioether (sulfide) groups is 2. The van der Waals surface area contributed by atoms with Gasteiger partial charge in [0.15, 0.2) is 0 Å². The van der Waals surface area contributed by atoms with Gasteiger partial charge in [-0.15, -0.1) is 23.5 Å². The van der Waals surface area contributed by atoms with Crippen molar-refractivity contribution in [3.63, 3.8) is 0 Å². The van der Waals surface area contributed by atoms with E-state index in [0.717, 1.165) is 16.1 Å². The molecule has 0 aliphatic rings. The molecule has 3 heteroatoms. The van der Waals surface area contributed by atoms with Gasteiger partial charge in [-0.05, 0) is 31.2 Å². The largest absolute Gasteiger partial charge is 0.301 e.